The summed E-state index contributed by atoms with van der Waals surface area (Å²) in [6.45, 7) is 9.20. The van der Waals surface area contributed by atoms with Gasteiger partial charge in [0.15, 0.2) is 5.78 Å². The lowest BCUT2D eigenvalue weighted by Gasteiger charge is -2.43. The molecular weight excluding hydrogens is 210 g/mol. The number of hydrogen-bond donors (Lipinski definition) is 0. The first kappa shape index (κ1) is 12.2. The van der Waals surface area contributed by atoms with Gasteiger partial charge in [-0.05, 0) is 57.4 Å². The Bertz CT molecular complexity index is 428. The first-order valence-electron chi connectivity index (χ1n) is 6.26. The fourth-order valence-electron chi connectivity index (χ4n) is 2.60. The summed E-state index contributed by atoms with van der Waals surface area (Å²) >= 11 is 0. The molecule has 1 heterocycles. The van der Waals surface area contributed by atoms with Gasteiger partial charge < -0.3 is 4.90 Å². The number of ketones is 1. The maximum atomic E-state index is 11.7. The molecular formula is C15H21NO. The fraction of sp³-hybridized carbons (Fsp3) is 0.533. The zero-order valence-corrected chi connectivity index (χ0v) is 11.2. The number of aryl methyl sites for hydroxylation is 2. The van der Waals surface area contributed by atoms with E-state index in [2.05, 4.69) is 50.8 Å². The van der Waals surface area contributed by atoms with Crippen LogP contribution in [-0.2, 0) is 4.79 Å². The molecule has 2 heteroatoms. The molecule has 1 aromatic rings. The van der Waals surface area contributed by atoms with Gasteiger partial charge in [-0.15, -0.1) is 0 Å². The number of carbonyl (C=O) groups excluding carboxylic acids is 1. The van der Waals surface area contributed by atoms with Crippen LogP contribution in [0.5, 0.6) is 0 Å². The van der Waals surface area contributed by atoms with Gasteiger partial charge in [-0.1, -0.05) is 6.07 Å². The number of carbonyl (C=O) groups is 1. The Morgan fingerprint density at radius 3 is 2.29 bits per heavy atom. The highest BCUT2D eigenvalue weighted by atomic mass is 16.1. The molecule has 1 fully saturated rings. The van der Waals surface area contributed by atoms with Gasteiger partial charge >= 0.3 is 0 Å². The lowest BCUT2D eigenvalue weighted by Crippen LogP contribution is -2.51. The van der Waals surface area contributed by atoms with Crippen molar-refractivity contribution in [3.05, 3.63) is 29.3 Å². The lowest BCUT2D eigenvalue weighted by molar-refractivity contribution is -0.119. The standard InChI is InChI=1S/C15H21NO/c1-11-7-12(2)9-13(8-11)16-10-14(17)5-6-15(16,3)4/h7-9H,5-6,10H2,1-4H3. The van der Waals surface area contributed by atoms with Crippen molar-refractivity contribution < 1.29 is 4.79 Å². The maximum Gasteiger partial charge on any atom is 0.152 e. The van der Waals surface area contributed by atoms with Crippen molar-refractivity contribution in [2.75, 3.05) is 11.4 Å². The average Bonchev–Trinajstić information content (AvgIpc) is 2.20. The molecule has 0 bridgehead atoms. The molecule has 0 saturated carbocycles. The van der Waals surface area contributed by atoms with E-state index in [1.807, 2.05) is 0 Å². The van der Waals surface area contributed by atoms with E-state index in [9.17, 15) is 4.79 Å². The summed E-state index contributed by atoms with van der Waals surface area (Å²) in [7, 11) is 0. The second-order valence-electron chi connectivity index (χ2n) is 5.78. The summed E-state index contributed by atoms with van der Waals surface area (Å²) in [6.07, 6.45) is 1.66. The number of anilines is 1. The van der Waals surface area contributed by atoms with Gasteiger partial charge in [-0.3, -0.25) is 4.79 Å². The van der Waals surface area contributed by atoms with Crippen LogP contribution < -0.4 is 4.90 Å². The first-order valence-corrected chi connectivity index (χ1v) is 6.26. The van der Waals surface area contributed by atoms with Gasteiger partial charge in [0.25, 0.3) is 0 Å². The van der Waals surface area contributed by atoms with E-state index in [0.29, 0.717) is 18.7 Å². The summed E-state index contributed by atoms with van der Waals surface area (Å²) in [5.74, 6) is 0.350. The number of rotatable bonds is 1. The van der Waals surface area contributed by atoms with Gasteiger partial charge in [-0.25, -0.2) is 0 Å². The smallest absolute Gasteiger partial charge is 0.152 e. The minimum absolute atomic E-state index is 0.0775. The van der Waals surface area contributed by atoms with Crippen molar-refractivity contribution in [3.63, 3.8) is 0 Å². The summed E-state index contributed by atoms with van der Waals surface area (Å²) in [5.41, 5.74) is 3.77. The van der Waals surface area contributed by atoms with Gasteiger partial charge in [0.05, 0.1) is 6.54 Å². The second kappa shape index (κ2) is 4.17. The van der Waals surface area contributed by atoms with Crippen LogP contribution in [0.2, 0.25) is 0 Å². The third-order valence-corrected chi connectivity index (χ3v) is 3.60. The molecule has 1 aliphatic heterocycles. The molecule has 1 aromatic carbocycles. The molecule has 0 spiro atoms. The molecule has 1 aliphatic rings. The zero-order chi connectivity index (χ0) is 12.6. The summed E-state index contributed by atoms with van der Waals surface area (Å²) < 4.78 is 0. The van der Waals surface area contributed by atoms with E-state index >= 15 is 0 Å². The number of nitrogens with zero attached hydrogens (tertiary/aromatic N) is 1. The molecule has 2 nitrogen and oxygen atoms in total. The van der Waals surface area contributed by atoms with Crippen LogP contribution >= 0.6 is 0 Å². The van der Waals surface area contributed by atoms with Crippen LogP contribution in [0.25, 0.3) is 0 Å². The number of Topliss-reactive ketones (excluding diaryl/α,β-unsaturated/α-hetero) is 1. The van der Waals surface area contributed by atoms with Crippen LogP contribution in [0.15, 0.2) is 18.2 Å². The average molecular weight is 231 g/mol. The number of hydrogen-bond acceptors (Lipinski definition) is 2. The zero-order valence-electron chi connectivity index (χ0n) is 11.2. The molecule has 0 atom stereocenters. The van der Waals surface area contributed by atoms with E-state index < -0.39 is 0 Å². The predicted octanol–water partition coefficient (Wildman–Crippen LogP) is 3.25. The Kier molecular flexibility index (Phi) is 2.98. The number of piperidine rings is 1. The van der Waals surface area contributed by atoms with Gasteiger partial charge in [0.1, 0.15) is 0 Å². The van der Waals surface area contributed by atoms with E-state index in [1.54, 1.807) is 0 Å². The van der Waals surface area contributed by atoms with Crippen LogP contribution in [0.1, 0.15) is 37.8 Å². The molecule has 0 radical (unpaired) electrons. The summed E-state index contributed by atoms with van der Waals surface area (Å²) in [5, 5.41) is 0. The van der Waals surface area contributed by atoms with Crippen molar-refractivity contribution in [2.45, 2.75) is 46.1 Å². The quantitative estimate of drug-likeness (QED) is 0.739. The Hall–Kier alpha value is -1.31. The molecule has 2 rings (SSSR count). The highest BCUT2D eigenvalue weighted by Crippen LogP contribution is 2.32. The Morgan fingerprint density at radius 1 is 1.12 bits per heavy atom. The van der Waals surface area contributed by atoms with Crippen LogP contribution in [0, 0.1) is 13.8 Å². The largest absolute Gasteiger partial charge is 0.359 e. The van der Waals surface area contributed by atoms with Crippen LogP contribution in [0.3, 0.4) is 0 Å². The Morgan fingerprint density at radius 2 is 1.71 bits per heavy atom. The lowest BCUT2D eigenvalue weighted by atomic mass is 9.89. The van der Waals surface area contributed by atoms with Gasteiger partial charge in [0.2, 0.25) is 0 Å². The molecule has 17 heavy (non-hydrogen) atoms. The SMILES string of the molecule is Cc1cc(C)cc(N2CC(=O)CCC2(C)C)c1. The Labute approximate surface area is 104 Å². The highest BCUT2D eigenvalue weighted by Gasteiger charge is 2.33. The second-order valence-corrected chi connectivity index (χ2v) is 5.78. The van der Waals surface area contributed by atoms with Crippen LogP contribution in [0.4, 0.5) is 5.69 Å². The predicted molar refractivity (Wildman–Crippen MR) is 71.6 cm³/mol. The first-order chi connectivity index (χ1) is 7.88. The monoisotopic (exact) mass is 231 g/mol. The molecule has 0 unspecified atom stereocenters. The highest BCUT2D eigenvalue weighted by molar-refractivity contribution is 5.85. The maximum absolute atomic E-state index is 11.7. The number of benzene rings is 1. The molecule has 0 N–H and O–H groups in total. The molecule has 0 aliphatic carbocycles. The molecule has 1 saturated heterocycles. The third kappa shape index (κ3) is 2.51. The molecule has 92 valence electrons. The topological polar surface area (TPSA) is 20.3 Å². The van der Waals surface area contributed by atoms with Crippen molar-refractivity contribution in [1.82, 2.24) is 0 Å². The van der Waals surface area contributed by atoms with Crippen molar-refractivity contribution in [2.24, 2.45) is 0 Å². The van der Waals surface area contributed by atoms with E-state index in [1.165, 1.54) is 16.8 Å². The van der Waals surface area contributed by atoms with Gasteiger partial charge in [0, 0.05) is 17.6 Å². The van der Waals surface area contributed by atoms with Gasteiger partial charge in [-0.2, -0.15) is 0 Å². The van der Waals surface area contributed by atoms with Crippen molar-refractivity contribution in [3.8, 4) is 0 Å². The normalized spacial score (nSPS) is 19.5. The van der Waals surface area contributed by atoms with E-state index in [4.69, 9.17) is 0 Å². The van der Waals surface area contributed by atoms with Crippen LogP contribution in [-0.4, -0.2) is 17.9 Å². The fourth-order valence-corrected chi connectivity index (χ4v) is 2.60. The molecule has 0 amide bonds. The summed E-state index contributed by atoms with van der Waals surface area (Å²) in [6, 6.07) is 6.52. The van der Waals surface area contributed by atoms with Crippen molar-refractivity contribution in [1.29, 1.82) is 0 Å². The Balaban J connectivity index is 2.39. The molecule has 0 aromatic heterocycles. The minimum atomic E-state index is 0.0775. The van der Waals surface area contributed by atoms with E-state index in [-0.39, 0.29) is 5.54 Å². The third-order valence-electron chi connectivity index (χ3n) is 3.60. The summed E-state index contributed by atoms with van der Waals surface area (Å²) in [4.78, 5) is 13.9. The van der Waals surface area contributed by atoms with Crippen molar-refractivity contribution >= 4 is 11.5 Å². The minimum Gasteiger partial charge on any atom is -0.359 e. The van der Waals surface area contributed by atoms with E-state index in [0.717, 1.165) is 6.42 Å².